The van der Waals surface area contributed by atoms with E-state index in [4.69, 9.17) is 21.4 Å². The van der Waals surface area contributed by atoms with Crippen molar-refractivity contribution >= 4 is 29.6 Å². The summed E-state index contributed by atoms with van der Waals surface area (Å²) < 4.78 is 8.82. The highest BCUT2D eigenvalue weighted by atomic mass is 32.4. The Morgan fingerprint density at radius 2 is 1.69 bits per heavy atom. The Kier molecular flexibility index (Phi) is 5.46. The molecule has 6 heteroatoms. The summed E-state index contributed by atoms with van der Waals surface area (Å²) in [5.41, 5.74) is 3.44. The van der Waals surface area contributed by atoms with Crippen molar-refractivity contribution in [2.24, 2.45) is 10.5 Å². The van der Waals surface area contributed by atoms with Gasteiger partial charge in [-0.2, -0.15) is 5.10 Å². The molecule has 0 bridgehead atoms. The van der Waals surface area contributed by atoms with Crippen molar-refractivity contribution in [3.8, 4) is 0 Å². The first-order valence-electron chi connectivity index (χ1n) is 10.8. The van der Waals surface area contributed by atoms with Gasteiger partial charge in [0, 0.05) is 18.8 Å². The zero-order valence-corrected chi connectivity index (χ0v) is 20.2. The molecule has 0 N–H and O–H groups in total. The second kappa shape index (κ2) is 7.51. The average molecular weight is 432 g/mol. The number of hydrazone groups is 1. The van der Waals surface area contributed by atoms with Gasteiger partial charge in [-0.25, -0.2) is 4.78 Å². The van der Waals surface area contributed by atoms with Crippen molar-refractivity contribution in [2.45, 2.75) is 72.3 Å². The number of nitrogens with zero attached hydrogens (tertiary/aromatic N) is 3. The van der Waals surface area contributed by atoms with Gasteiger partial charge in [-0.05, 0) is 82.2 Å². The monoisotopic (exact) mass is 431 g/mol. The van der Waals surface area contributed by atoms with Crippen LogP contribution in [-0.4, -0.2) is 29.3 Å². The molecule has 2 aliphatic heterocycles. The molecule has 1 saturated heterocycles. The number of allylic oxidation sites excluding steroid dienone is 2. The number of hydrogen-bond donors (Lipinski definition) is 0. The number of anilines is 1. The number of para-hydroxylation sites is 1. The molecule has 3 aliphatic rings. The fourth-order valence-electron chi connectivity index (χ4n) is 4.63. The summed E-state index contributed by atoms with van der Waals surface area (Å²) in [6.07, 6.45) is 3.32. The highest BCUT2D eigenvalue weighted by molar-refractivity contribution is 8.15. The van der Waals surface area contributed by atoms with Gasteiger partial charge >= 0.3 is 0 Å². The van der Waals surface area contributed by atoms with Crippen molar-refractivity contribution in [1.29, 1.82) is 0 Å². The van der Waals surface area contributed by atoms with E-state index in [1.54, 1.807) is 0 Å². The molecule has 29 heavy (non-hydrogen) atoms. The molecule has 0 radical (unpaired) electrons. The van der Waals surface area contributed by atoms with Gasteiger partial charge in [-0.15, -0.1) is 0 Å². The molecule has 1 unspecified atom stereocenters. The molecule has 1 fully saturated rings. The van der Waals surface area contributed by atoms with E-state index in [-0.39, 0.29) is 11.0 Å². The Hall–Kier alpha value is -1.16. The number of benzene rings is 1. The average Bonchev–Trinajstić information content (AvgIpc) is 2.91. The quantitative estimate of drug-likeness (QED) is 0.510. The smallest absolute Gasteiger partial charge is 0.210 e. The van der Waals surface area contributed by atoms with E-state index >= 15 is 0 Å². The maximum absolute atomic E-state index is 6.76. The van der Waals surface area contributed by atoms with Crippen molar-refractivity contribution in [2.75, 3.05) is 17.9 Å². The SMILES string of the molecule is CC1(C)CC2=NN(c3ccccc3)P(=S)(OC(C)(C)C)C2=C(N2CCCCC2)C1. The molecule has 4 nitrogen and oxygen atoms in total. The Balaban J connectivity index is 1.90. The molecule has 0 amide bonds. The second-order valence-corrected chi connectivity index (χ2v) is 13.8. The van der Waals surface area contributed by atoms with E-state index in [1.165, 1.54) is 30.3 Å². The minimum atomic E-state index is -2.53. The number of rotatable bonds is 3. The Bertz CT molecular complexity index is 879. The molecule has 0 saturated carbocycles. The predicted molar refractivity (Wildman–Crippen MR) is 127 cm³/mol. The number of hydrogen-bond acceptors (Lipinski definition) is 4. The minimum absolute atomic E-state index is 0.184. The van der Waals surface area contributed by atoms with E-state index in [9.17, 15) is 0 Å². The van der Waals surface area contributed by atoms with Crippen LogP contribution in [0.15, 0.2) is 46.4 Å². The normalized spacial score (nSPS) is 27.1. The zero-order chi connectivity index (χ0) is 20.9. The largest absolute Gasteiger partial charge is 0.374 e. The van der Waals surface area contributed by atoms with Crippen molar-refractivity contribution < 1.29 is 4.52 Å². The van der Waals surface area contributed by atoms with Gasteiger partial charge in [0.25, 0.3) is 0 Å². The molecule has 1 aliphatic carbocycles. The van der Waals surface area contributed by atoms with Gasteiger partial charge in [0.2, 0.25) is 6.42 Å². The first kappa shape index (κ1) is 21.1. The summed E-state index contributed by atoms with van der Waals surface area (Å²) in [7, 11) is 0. The lowest BCUT2D eigenvalue weighted by Crippen LogP contribution is -2.36. The standard InChI is InChI=1S/C23H34N3OPS/c1-22(2,3)27-28(29)21-19(24-26(28)18-12-8-6-9-13-18)16-23(4,5)17-20(21)25-14-10-7-11-15-25/h6,8-9,12-13H,7,10-11,14-17H2,1-5H3. The van der Waals surface area contributed by atoms with Crippen LogP contribution in [0.3, 0.4) is 0 Å². The van der Waals surface area contributed by atoms with Crippen LogP contribution in [0.4, 0.5) is 5.69 Å². The number of likely N-dealkylation sites (tertiary alicyclic amines) is 1. The fraction of sp³-hybridized carbons (Fsp3) is 0.609. The van der Waals surface area contributed by atoms with Gasteiger partial charge in [-0.1, -0.05) is 32.0 Å². The van der Waals surface area contributed by atoms with Crippen LogP contribution in [0.25, 0.3) is 0 Å². The second-order valence-electron chi connectivity index (χ2n) is 10.3. The third-order valence-electron chi connectivity index (χ3n) is 5.71. The predicted octanol–water partition coefficient (Wildman–Crippen LogP) is 6.50. The number of fused-ring (bicyclic) bond motifs is 1. The van der Waals surface area contributed by atoms with Crippen molar-refractivity contribution in [3.05, 3.63) is 41.3 Å². The molecular formula is C23H34N3OPS. The Labute approximate surface area is 181 Å². The molecule has 4 rings (SSSR count). The van der Waals surface area contributed by atoms with Gasteiger partial charge in [0.05, 0.1) is 22.3 Å². The summed E-state index contributed by atoms with van der Waals surface area (Å²) >= 11 is 6.45. The van der Waals surface area contributed by atoms with Crippen LogP contribution in [0.5, 0.6) is 0 Å². The highest BCUT2D eigenvalue weighted by Crippen LogP contribution is 2.69. The van der Waals surface area contributed by atoms with E-state index < -0.39 is 6.42 Å². The summed E-state index contributed by atoms with van der Waals surface area (Å²) in [5, 5.41) is 6.39. The zero-order valence-electron chi connectivity index (χ0n) is 18.4. The molecule has 1 aromatic carbocycles. The van der Waals surface area contributed by atoms with Crippen LogP contribution < -0.4 is 4.78 Å². The third-order valence-corrected chi connectivity index (χ3v) is 9.64. The van der Waals surface area contributed by atoms with Crippen LogP contribution >= 0.6 is 6.42 Å². The topological polar surface area (TPSA) is 28.1 Å². The molecule has 1 aromatic rings. The van der Waals surface area contributed by atoms with Gasteiger partial charge in [0.15, 0.2) is 0 Å². The lowest BCUT2D eigenvalue weighted by atomic mass is 9.78. The van der Waals surface area contributed by atoms with Crippen LogP contribution in [0, 0.1) is 5.41 Å². The lowest BCUT2D eigenvalue weighted by molar-refractivity contribution is 0.150. The fourth-order valence-corrected chi connectivity index (χ4v) is 9.09. The Morgan fingerprint density at radius 3 is 2.31 bits per heavy atom. The third kappa shape index (κ3) is 4.19. The molecule has 1 atom stereocenters. The first-order chi connectivity index (χ1) is 13.6. The van der Waals surface area contributed by atoms with E-state index in [0.717, 1.165) is 37.3 Å². The maximum Gasteiger partial charge on any atom is 0.210 e. The first-order valence-corrected chi connectivity index (χ1v) is 13.5. The van der Waals surface area contributed by atoms with E-state index in [2.05, 4.69) is 68.6 Å². The Morgan fingerprint density at radius 1 is 1.03 bits per heavy atom. The summed E-state index contributed by atoms with van der Waals surface area (Å²) in [6.45, 7) is 13.3. The number of piperidine rings is 1. The lowest BCUT2D eigenvalue weighted by Gasteiger charge is -2.42. The van der Waals surface area contributed by atoms with Crippen LogP contribution in [0.1, 0.15) is 66.7 Å². The van der Waals surface area contributed by atoms with Gasteiger partial charge in [0.1, 0.15) is 0 Å². The highest BCUT2D eigenvalue weighted by Gasteiger charge is 2.49. The summed E-state index contributed by atoms with van der Waals surface area (Å²) in [4.78, 5) is 2.59. The van der Waals surface area contributed by atoms with Gasteiger partial charge in [-0.3, -0.25) is 0 Å². The van der Waals surface area contributed by atoms with E-state index in [0.29, 0.717) is 0 Å². The molecule has 0 spiro atoms. The molecular weight excluding hydrogens is 397 g/mol. The van der Waals surface area contributed by atoms with Crippen molar-refractivity contribution in [1.82, 2.24) is 4.90 Å². The summed E-state index contributed by atoms with van der Waals surface area (Å²) in [6, 6.07) is 10.3. The van der Waals surface area contributed by atoms with Crippen LogP contribution in [-0.2, 0) is 16.3 Å². The van der Waals surface area contributed by atoms with Crippen LogP contribution in [0.2, 0.25) is 0 Å². The maximum atomic E-state index is 6.76. The van der Waals surface area contributed by atoms with Gasteiger partial charge < -0.3 is 9.42 Å². The molecule has 158 valence electrons. The minimum Gasteiger partial charge on any atom is -0.374 e. The van der Waals surface area contributed by atoms with E-state index in [1.807, 2.05) is 6.07 Å². The van der Waals surface area contributed by atoms with Crippen molar-refractivity contribution in [3.63, 3.8) is 0 Å². The molecule has 2 heterocycles. The summed E-state index contributed by atoms with van der Waals surface area (Å²) in [5.74, 6) is 0. The molecule has 0 aromatic heterocycles.